The molecule has 0 amide bonds. The van der Waals surface area contributed by atoms with Crippen molar-refractivity contribution in [3.05, 3.63) is 28.4 Å². The second-order valence-electron chi connectivity index (χ2n) is 4.62. The number of nitro groups is 1. The quantitative estimate of drug-likeness (QED) is 0.655. The SMILES string of the molecule is N#CC1(NS(=O)(=O)c2ccc([N+](=O)[O-])nc2)CCCC1. The molecule has 0 unspecified atom stereocenters. The molecule has 0 saturated heterocycles. The van der Waals surface area contributed by atoms with Gasteiger partial charge in [0.25, 0.3) is 0 Å². The molecule has 0 spiro atoms. The largest absolute Gasteiger partial charge is 0.363 e. The smallest absolute Gasteiger partial charge is 0.358 e. The summed E-state index contributed by atoms with van der Waals surface area (Å²) in [5.41, 5.74) is -1.08. The average Bonchev–Trinajstić information content (AvgIpc) is 2.87. The molecule has 1 N–H and O–H groups in total. The summed E-state index contributed by atoms with van der Waals surface area (Å²) in [7, 11) is -3.91. The van der Waals surface area contributed by atoms with Crippen LogP contribution < -0.4 is 4.72 Å². The van der Waals surface area contributed by atoms with Gasteiger partial charge in [-0.05, 0) is 28.8 Å². The summed E-state index contributed by atoms with van der Waals surface area (Å²) in [5.74, 6) is -0.431. The highest BCUT2D eigenvalue weighted by Crippen LogP contribution is 2.30. The maximum Gasteiger partial charge on any atom is 0.363 e. The van der Waals surface area contributed by atoms with E-state index < -0.39 is 26.3 Å². The first-order chi connectivity index (χ1) is 9.38. The van der Waals surface area contributed by atoms with E-state index in [0.717, 1.165) is 31.2 Å². The normalized spacial score (nSPS) is 17.6. The van der Waals surface area contributed by atoms with Crippen molar-refractivity contribution in [3.8, 4) is 6.07 Å². The molecule has 0 aliphatic heterocycles. The molecule has 0 bridgehead atoms. The summed E-state index contributed by atoms with van der Waals surface area (Å²) in [5, 5.41) is 19.6. The fraction of sp³-hybridized carbons (Fsp3) is 0.455. The Hall–Kier alpha value is -2.05. The number of hydrogen-bond acceptors (Lipinski definition) is 6. The number of pyridine rings is 1. The number of nitriles is 1. The number of rotatable bonds is 4. The van der Waals surface area contributed by atoms with Crippen molar-refractivity contribution in [1.29, 1.82) is 5.26 Å². The predicted octanol–water partition coefficient (Wildman–Crippen LogP) is 1.10. The van der Waals surface area contributed by atoms with E-state index >= 15 is 0 Å². The van der Waals surface area contributed by atoms with Crippen LogP contribution in [0.15, 0.2) is 23.2 Å². The van der Waals surface area contributed by atoms with Crippen molar-refractivity contribution < 1.29 is 13.3 Å². The van der Waals surface area contributed by atoms with Gasteiger partial charge in [-0.2, -0.15) is 9.98 Å². The molecule has 1 heterocycles. The molecule has 20 heavy (non-hydrogen) atoms. The molecule has 1 aliphatic rings. The molecule has 2 rings (SSSR count). The van der Waals surface area contributed by atoms with E-state index in [9.17, 15) is 18.5 Å². The Morgan fingerprint density at radius 3 is 2.50 bits per heavy atom. The van der Waals surface area contributed by atoms with Gasteiger partial charge in [-0.25, -0.2) is 8.42 Å². The van der Waals surface area contributed by atoms with E-state index in [2.05, 4.69) is 9.71 Å². The lowest BCUT2D eigenvalue weighted by atomic mass is 10.0. The van der Waals surface area contributed by atoms with Gasteiger partial charge in [-0.3, -0.25) is 0 Å². The van der Waals surface area contributed by atoms with Crippen molar-refractivity contribution in [2.45, 2.75) is 36.1 Å². The van der Waals surface area contributed by atoms with Crippen LogP contribution in [-0.2, 0) is 10.0 Å². The summed E-state index contributed by atoms with van der Waals surface area (Å²) in [6.07, 6.45) is 3.41. The molecule has 1 aliphatic carbocycles. The van der Waals surface area contributed by atoms with Crippen LogP contribution in [0.2, 0.25) is 0 Å². The summed E-state index contributed by atoms with van der Waals surface area (Å²) >= 11 is 0. The number of aromatic nitrogens is 1. The van der Waals surface area contributed by atoms with Crippen molar-refractivity contribution in [3.63, 3.8) is 0 Å². The van der Waals surface area contributed by atoms with Crippen LogP contribution in [0.1, 0.15) is 25.7 Å². The first-order valence-corrected chi connectivity index (χ1v) is 7.43. The minimum absolute atomic E-state index is 0.190. The molecule has 0 radical (unpaired) electrons. The van der Waals surface area contributed by atoms with Gasteiger partial charge in [0, 0.05) is 6.07 Å². The maximum atomic E-state index is 12.2. The highest BCUT2D eigenvalue weighted by molar-refractivity contribution is 7.89. The standard InChI is InChI=1S/C11H12N4O4S/c12-8-11(5-1-2-6-11)14-20(18,19)9-3-4-10(13-7-9)15(16)17/h3-4,7,14H,1-2,5-6H2. The van der Waals surface area contributed by atoms with Crippen LogP contribution in [0.3, 0.4) is 0 Å². The van der Waals surface area contributed by atoms with Gasteiger partial charge in [0.1, 0.15) is 10.4 Å². The summed E-state index contributed by atoms with van der Waals surface area (Å²) in [6, 6.07) is 4.13. The Kier molecular flexibility index (Phi) is 3.69. The summed E-state index contributed by atoms with van der Waals surface area (Å²) < 4.78 is 26.7. The van der Waals surface area contributed by atoms with Crippen molar-refractivity contribution in [2.75, 3.05) is 0 Å². The van der Waals surface area contributed by atoms with Crippen LogP contribution in [0.25, 0.3) is 0 Å². The zero-order valence-electron chi connectivity index (χ0n) is 10.4. The Morgan fingerprint density at radius 1 is 1.40 bits per heavy atom. The Labute approximate surface area is 115 Å². The zero-order chi connectivity index (χ0) is 14.8. The van der Waals surface area contributed by atoms with Gasteiger partial charge in [0.15, 0.2) is 6.20 Å². The number of nitrogens with zero attached hydrogens (tertiary/aromatic N) is 3. The number of hydrogen-bond donors (Lipinski definition) is 1. The van der Waals surface area contributed by atoms with Crippen LogP contribution >= 0.6 is 0 Å². The predicted molar refractivity (Wildman–Crippen MR) is 68.0 cm³/mol. The van der Waals surface area contributed by atoms with Gasteiger partial charge >= 0.3 is 5.82 Å². The van der Waals surface area contributed by atoms with Crippen molar-refractivity contribution >= 4 is 15.8 Å². The first kappa shape index (κ1) is 14.4. The lowest BCUT2D eigenvalue weighted by Gasteiger charge is -2.21. The lowest BCUT2D eigenvalue weighted by molar-refractivity contribution is -0.389. The topological polar surface area (TPSA) is 126 Å². The number of nitrogens with one attached hydrogen (secondary N) is 1. The van der Waals surface area contributed by atoms with Crippen LogP contribution in [0, 0.1) is 21.4 Å². The Bertz CT molecular complexity index is 657. The highest BCUT2D eigenvalue weighted by atomic mass is 32.2. The molecule has 0 aromatic carbocycles. The molecule has 1 aromatic heterocycles. The van der Waals surface area contributed by atoms with E-state index in [0.29, 0.717) is 12.8 Å². The van der Waals surface area contributed by atoms with E-state index in [1.165, 1.54) is 0 Å². The molecule has 1 saturated carbocycles. The van der Waals surface area contributed by atoms with Crippen molar-refractivity contribution in [2.24, 2.45) is 0 Å². The molecular formula is C11H12N4O4S. The Morgan fingerprint density at radius 2 is 2.05 bits per heavy atom. The second kappa shape index (κ2) is 5.15. The van der Waals surface area contributed by atoms with E-state index in [1.54, 1.807) is 0 Å². The Balaban J connectivity index is 2.26. The van der Waals surface area contributed by atoms with Crippen LogP contribution in [0.5, 0.6) is 0 Å². The third-order valence-corrected chi connectivity index (χ3v) is 4.74. The molecule has 1 aromatic rings. The van der Waals surface area contributed by atoms with Gasteiger partial charge < -0.3 is 10.1 Å². The minimum Gasteiger partial charge on any atom is -0.358 e. The monoisotopic (exact) mass is 296 g/mol. The van der Waals surface area contributed by atoms with Crippen LogP contribution in [0.4, 0.5) is 5.82 Å². The third-order valence-electron chi connectivity index (χ3n) is 3.22. The molecular weight excluding hydrogens is 284 g/mol. The van der Waals surface area contributed by atoms with E-state index in [1.807, 2.05) is 6.07 Å². The van der Waals surface area contributed by atoms with Gasteiger partial charge in [-0.15, -0.1) is 0 Å². The maximum absolute atomic E-state index is 12.2. The lowest BCUT2D eigenvalue weighted by Crippen LogP contribution is -2.44. The van der Waals surface area contributed by atoms with Gasteiger partial charge in [0.2, 0.25) is 10.0 Å². The fourth-order valence-corrected chi connectivity index (χ4v) is 3.49. The molecule has 8 nitrogen and oxygen atoms in total. The van der Waals surface area contributed by atoms with Gasteiger partial charge in [-0.1, -0.05) is 12.8 Å². The molecule has 1 fully saturated rings. The molecule has 9 heteroatoms. The molecule has 106 valence electrons. The third kappa shape index (κ3) is 2.76. The second-order valence-corrected chi connectivity index (χ2v) is 6.30. The van der Waals surface area contributed by atoms with Crippen molar-refractivity contribution in [1.82, 2.24) is 9.71 Å². The highest BCUT2D eigenvalue weighted by Gasteiger charge is 2.38. The minimum atomic E-state index is -3.91. The van der Waals surface area contributed by atoms with Gasteiger partial charge in [0.05, 0.1) is 6.07 Å². The fourth-order valence-electron chi connectivity index (χ4n) is 2.17. The molecule has 0 atom stereocenters. The summed E-state index contributed by atoms with van der Waals surface area (Å²) in [4.78, 5) is 13.0. The first-order valence-electron chi connectivity index (χ1n) is 5.94. The van der Waals surface area contributed by atoms with Crippen LogP contribution in [-0.4, -0.2) is 23.9 Å². The zero-order valence-corrected chi connectivity index (χ0v) is 11.3. The summed E-state index contributed by atoms with van der Waals surface area (Å²) in [6.45, 7) is 0. The van der Waals surface area contributed by atoms with E-state index in [4.69, 9.17) is 5.26 Å². The average molecular weight is 296 g/mol. The van der Waals surface area contributed by atoms with E-state index in [-0.39, 0.29) is 4.90 Å². The number of sulfonamides is 1.